The molecule has 1 nitrogen and oxygen atoms in total. The van der Waals surface area contributed by atoms with Crippen LogP contribution in [0.3, 0.4) is 0 Å². The molecule has 1 aliphatic carbocycles. The maximum Gasteiger partial charge on any atom is 0.158 e. The second-order valence-corrected chi connectivity index (χ2v) is 1.59. The lowest BCUT2D eigenvalue weighted by Gasteiger charge is -1.95. The van der Waals surface area contributed by atoms with Crippen LogP contribution in [-0.4, -0.2) is 0 Å². The third kappa shape index (κ3) is 0.125. The van der Waals surface area contributed by atoms with Crippen LogP contribution in [0.4, 0.5) is 0 Å². The summed E-state index contributed by atoms with van der Waals surface area (Å²) >= 11 is 0. The standard InChI is InChI=1S/C5H5O/c1-2-3-4-5(3)6-4/h2H2,1H3. The van der Waals surface area contributed by atoms with Gasteiger partial charge in [0, 0.05) is 0 Å². The molecule has 2 aliphatic rings. The molecule has 0 aromatic carbocycles. The van der Waals surface area contributed by atoms with E-state index in [1.807, 2.05) is 0 Å². The number of ether oxygens (including phenoxy) is 1. The van der Waals surface area contributed by atoms with Crippen molar-refractivity contribution in [3.8, 4) is 0 Å². The molecule has 0 spiro atoms. The summed E-state index contributed by atoms with van der Waals surface area (Å²) in [6.07, 6.45) is 1.17. The van der Waals surface area contributed by atoms with Crippen LogP contribution in [0.2, 0.25) is 0 Å². The Morgan fingerprint density at radius 2 is 2.17 bits per heavy atom. The van der Waals surface area contributed by atoms with Gasteiger partial charge in [0.1, 0.15) is 5.92 Å². The fraction of sp³-hybridized carbons (Fsp3) is 0.400. The van der Waals surface area contributed by atoms with Gasteiger partial charge in [0.25, 0.3) is 0 Å². The highest BCUT2D eigenvalue weighted by Gasteiger charge is 2.55. The molecule has 0 bridgehead atoms. The lowest BCUT2D eigenvalue weighted by Crippen LogP contribution is -1.85. The molecule has 0 atom stereocenters. The largest absolute Gasteiger partial charge is 0.457 e. The maximum atomic E-state index is 4.81. The average molecular weight is 81.1 g/mol. The number of hydrogen-bond donors (Lipinski definition) is 0. The minimum absolute atomic E-state index is 1.17. The van der Waals surface area contributed by atoms with Crippen LogP contribution in [0.25, 0.3) is 0 Å². The zero-order valence-corrected chi connectivity index (χ0v) is 3.62. The lowest BCUT2D eigenvalue weighted by atomic mass is 10.2. The summed E-state index contributed by atoms with van der Waals surface area (Å²) in [5.41, 5.74) is 0. The van der Waals surface area contributed by atoms with Crippen molar-refractivity contribution in [2.45, 2.75) is 13.3 Å². The second kappa shape index (κ2) is 0.512. The monoisotopic (exact) mass is 81.0 g/mol. The summed E-state index contributed by atoms with van der Waals surface area (Å²) in [6.45, 7) is 2.14. The first kappa shape index (κ1) is 2.67. The van der Waals surface area contributed by atoms with Gasteiger partial charge in [-0.2, -0.15) is 0 Å². The molecular formula is C5H5O. The van der Waals surface area contributed by atoms with E-state index in [-0.39, 0.29) is 0 Å². The van der Waals surface area contributed by atoms with E-state index >= 15 is 0 Å². The quantitative estimate of drug-likeness (QED) is 0.462. The highest BCUT2D eigenvalue weighted by Crippen LogP contribution is 2.60. The van der Waals surface area contributed by atoms with E-state index in [1.165, 1.54) is 23.9 Å². The summed E-state index contributed by atoms with van der Waals surface area (Å²) < 4.78 is 4.81. The van der Waals surface area contributed by atoms with Crippen LogP contribution in [0.15, 0.2) is 11.5 Å². The number of allylic oxidation sites excluding steroid dienone is 2. The molecule has 6 heavy (non-hydrogen) atoms. The Morgan fingerprint density at radius 3 is 2.17 bits per heavy atom. The molecule has 0 unspecified atom stereocenters. The molecule has 1 heteroatoms. The van der Waals surface area contributed by atoms with Crippen molar-refractivity contribution < 1.29 is 4.74 Å². The highest BCUT2D eigenvalue weighted by atomic mass is 16.6. The van der Waals surface area contributed by atoms with Gasteiger partial charge in [-0.1, -0.05) is 6.92 Å². The topological polar surface area (TPSA) is 12.5 Å². The molecule has 0 N–H and O–H groups in total. The first-order valence-electron chi connectivity index (χ1n) is 2.22. The smallest absolute Gasteiger partial charge is 0.158 e. The molecule has 0 amide bonds. The zero-order valence-electron chi connectivity index (χ0n) is 3.62. The van der Waals surface area contributed by atoms with Crippen molar-refractivity contribution in [2.75, 3.05) is 0 Å². The Morgan fingerprint density at radius 1 is 1.50 bits per heavy atom. The molecule has 2 rings (SSSR count). The first-order chi connectivity index (χ1) is 2.93. The van der Waals surface area contributed by atoms with Crippen molar-refractivity contribution in [2.24, 2.45) is 0 Å². The van der Waals surface area contributed by atoms with Gasteiger partial charge in [-0.25, -0.2) is 0 Å². The maximum absolute atomic E-state index is 4.81. The fourth-order valence-electron chi connectivity index (χ4n) is 0.663. The fourth-order valence-corrected chi connectivity index (χ4v) is 0.663. The molecule has 1 aliphatic heterocycles. The molecule has 1 heterocycles. The highest BCUT2D eigenvalue weighted by molar-refractivity contribution is 5.64. The molecule has 0 saturated heterocycles. The van der Waals surface area contributed by atoms with E-state index in [2.05, 4.69) is 6.92 Å². The van der Waals surface area contributed by atoms with Gasteiger partial charge in [-0.05, 0) is 6.42 Å². The van der Waals surface area contributed by atoms with Crippen molar-refractivity contribution >= 4 is 0 Å². The summed E-state index contributed by atoms with van der Waals surface area (Å²) in [6, 6.07) is 0. The van der Waals surface area contributed by atoms with Gasteiger partial charge < -0.3 is 4.74 Å². The Bertz CT molecular complexity index is 112. The van der Waals surface area contributed by atoms with Crippen LogP contribution >= 0.6 is 0 Å². The first-order valence-corrected chi connectivity index (χ1v) is 2.22. The van der Waals surface area contributed by atoms with Crippen LogP contribution in [0.5, 0.6) is 0 Å². The molecule has 1 radical (unpaired) electrons. The third-order valence-electron chi connectivity index (χ3n) is 1.21. The second-order valence-electron chi connectivity index (χ2n) is 1.59. The van der Waals surface area contributed by atoms with Gasteiger partial charge in [0.2, 0.25) is 0 Å². The molecular weight excluding hydrogens is 76.1 g/mol. The normalized spacial score (nSPS) is 26.2. The predicted octanol–water partition coefficient (Wildman–Crippen LogP) is 1.23. The van der Waals surface area contributed by atoms with Crippen molar-refractivity contribution in [1.29, 1.82) is 0 Å². The Hall–Kier alpha value is -0.460. The minimum atomic E-state index is 1.17. The van der Waals surface area contributed by atoms with Gasteiger partial charge in [0.15, 0.2) is 11.5 Å². The van der Waals surface area contributed by atoms with E-state index in [4.69, 9.17) is 4.74 Å². The van der Waals surface area contributed by atoms with Crippen LogP contribution < -0.4 is 0 Å². The van der Waals surface area contributed by atoms with Crippen LogP contribution in [0.1, 0.15) is 13.3 Å². The van der Waals surface area contributed by atoms with E-state index < -0.39 is 0 Å². The Balaban J connectivity index is 1.98. The van der Waals surface area contributed by atoms with Crippen LogP contribution in [-0.2, 0) is 4.74 Å². The number of rotatable bonds is 1. The van der Waals surface area contributed by atoms with Crippen molar-refractivity contribution in [1.82, 2.24) is 0 Å². The Kier molecular flexibility index (Phi) is 0.228. The summed E-state index contributed by atoms with van der Waals surface area (Å²) in [4.78, 5) is 0. The number of hydrogen-bond acceptors (Lipinski definition) is 1. The minimum Gasteiger partial charge on any atom is -0.457 e. The van der Waals surface area contributed by atoms with Gasteiger partial charge >= 0.3 is 0 Å². The zero-order chi connectivity index (χ0) is 4.15. The van der Waals surface area contributed by atoms with Crippen molar-refractivity contribution in [3.63, 3.8) is 0 Å². The molecule has 0 saturated carbocycles. The van der Waals surface area contributed by atoms with Gasteiger partial charge in [0.05, 0.1) is 0 Å². The van der Waals surface area contributed by atoms with Crippen molar-refractivity contribution in [3.05, 3.63) is 17.4 Å². The molecule has 0 aromatic rings. The molecule has 31 valence electrons. The summed E-state index contributed by atoms with van der Waals surface area (Å²) in [5.74, 6) is 3.88. The molecule has 0 aromatic heterocycles. The molecule has 0 fully saturated rings. The summed E-state index contributed by atoms with van der Waals surface area (Å²) in [5, 5.41) is 0. The van der Waals surface area contributed by atoms with E-state index in [0.29, 0.717) is 0 Å². The van der Waals surface area contributed by atoms with E-state index in [9.17, 15) is 0 Å². The SMILES string of the molecule is CC[C]1C2=C1O2. The lowest BCUT2D eigenvalue weighted by molar-refractivity contribution is 0.401. The van der Waals surface area contributed by atoms with E-state index in [0.717, 1.165) is 0 Å². The van der Waals surface area contributed by atoms with Gasteiger partial charge in [-0.3, -0.25) is 0 Å². The average Bonchev–Trinajstić information content (AvgIpc) is 2.12. The van der Waals surface area contributed by atoms with E-state index in [1.54, 1.807) is 0 Å². The predicted molar refractivity (Wildman–Crippen MR) is 21.6 cm³/mol. The Labute approximate surface area is 36.6 Å². The van der Waals surface area contributed by atoms with Gasteiger partial charge in [-0.15, -0.1) is 0 Å². The third-order valence-corrected chi connectivity index (χ3v) is 1.21. The summed E-state index contributed by atoms with van der Waals surface area (Å²) in [7, 11) is 0. The van der Waals surface area contributed by atoms with Crippen LogP contribution in [0, 0.1) is 5.92 Å².